The van der Waals surface area contributed by atoms with Gasteiger partial charge in [0.05, 0.1) is 11.6 Å². The summed E-state index contributed by atoms with van der Waals surface area (Å²) in [5.74, 6) is -0.214. The molecule has 0 aliphatic carbocycles. The molecule has 27 heavy (non-hydrogen) atoms. The third kappa shape index (κ3) is 3.95. The largest absolute Gasteiger partial charge is 0.359 e. The summed E-state index contributed by atoms with van der Waals surface area (Å²) in [5.41, 5.74) is 2.68. The Morgan fingerprint density at radius 2 is 1.96 bits per heavy atom. The van der Waals surface area contributed by atoms with E-state index in [1.165, 1.54) is 31.8 Å². The number of hydrogen-bond acceptors (Lipinski definition) is 4. The Kier molecular flexibility index (Phi) is 5.46. The predicted octanol–water partition coefficient (Wildman–Crippen LogP) is 2.98. The number of hydrogen-bond donors (Lipinski definition) is 1. The van der Waals surface area contributed by atoms with Crippen LogP contribution in [0.1, 0.15) is 12.5 Å². The van der Waals surface area contributed by atoms with E-state index in [-0.39, 0.29) is 28.4 Å². The number of sulfonamides is 1. The molecule has 3 rings (SSSR count). The first kappa shape index (κ1) is 19.7. The van der Waals surface area contributed by atoms with Crippen LogP contribution in [-0.4, -0.2) is 45.3 Å². The standard InChI is InChI=1S/C19H22ClN3O3S/c1-13-10-14-6-4-5-7-17(14)23(13)12-19(24)21-15-8-9-16(20)18(11-15)27(25,26)22(2)3/h4-9,11,13H,10,12H2,1-3H3,(H,21,24)/t13-/m1/s1. The average molecular weight is 408 g/mol. The van der Waals surface area contributed by atoms with Gasteiger partial charge in [0.25, 0.3) is 0 Å². The third-order valence-corrected chi connectivity index (χ3v) is 6.93. The first-order chi connectivity index (χ1) is 12.7. The van der Waals surface area contributed by atoms with E-state index in [0.29, 0.717) is 5.69 Å². The molecule has 0 aromatic heterocycles. The maximum Gasteiger partial charge on any atom is 0.244 e. The predicted molar refractivity (Wildman–Crippen MR) is 108 cm³/mol. The summed E-state index contributed by atoms with van der Waals surface area (Å²) in [4.78, 5) is 14.6. The van der Waals surface area contributed by atoms with Crippen molar-refractivity contribution in [3.8, 4) is 0 Å². The molecule has 0 saturated carbocycles. The van der Waals surface area contributed by atoms with Gasteiger partial charge in [-0.25, -0.2) is 12.7 Å². The Morgan fingerprint density at radius 1 is 1.26 bits per heavy atom. The fraction of sp³-hybridized carbons (Fsp3) is 0.316. The number of rotatable bonds is 5. The Balaban J connectivity index is 1.78. The second-order valence-electron chi connectivity index (χ2n) is 6.79. The van der Waals surface area contributed by atoms with E-state index in [9.17, 15) is 13.2 Å². The van der Waals surface area contributed by atoms with Crippen LogP contribution in [0.2, 0.25) is 5.02 Å². The van der Waals surface area contributed by atoms with Crippen LogP contribution in [0, 0.1) is 0 Å². The van der Waals surface area contributed by atoms with Crippen LogP contribution in [0.15, 0.2) is 47.4 Å². The minimum absolute atomic E-state index is 0.0353. The highest BCUT2D eigenvalue weighted by Gasteiger charge is 2.27. The molecule has 1 atom stereocenters. The van der Waals surface area contributed by atoms with E-state index in [0.717, 1.165) is 16.4 Å². The van der Waals surface area contributed by atoms with Gasteiger partial charge in [0.2, 0.25) is 15.9 Å². The van der Waals surface area contributed by atoms with Gasteiger partial charge in [0.1, 0.15) is 4.90 Å². The Bertz CT molecular complexity index is 976. The molecule has 1 N–H and O–H groups in total. The molecule has 0 unspecified atom stereocenters. The molecule has 6 nitrogen and oxygen atoms in total. The number of anilines is 2. The summed E-state index contributed by atoms with van der Waals surface area (Å²) in [6, 6.07) is 12.7. The second-order valence-corrected chi connectivity index (χ2v) is 9.32. The minimum atomic E-state index is -3.70. The SMILES string of the molecule is C[C@@H]1Cc2ccccc2N1CC(=O)Nc1ccc(Cl)c(S(=O)(=O)N(C)C)c1. The molecule has 8 heteroatoms. The minimum Gasteiger partial charge on any atom is -0.359 e. The van der Waals surface area contributed by atoms with Crippen molar-refractivity contribution in [3.05, 3.63) is 53.1 Å². The molecular weight excluding hydrogens is 386 g/mol. The van der Waals surface area contributed by atoms with Crippen LogP contribution < -0.4 is 10.2 Å². The number of para-hydroxylation sites is 1. The Morgan fingerprint density at radius 3 is 2.67 bits per heavy atom. The van der Waals surface area contributed by atoms with Gasteiger partial charge in [-0.2, -0.15) is 0 Å². The van der Waals surface area contributed by atoms with Crippen molar-refractivity contribution in [2.75, 3.05) is 30.9 Å². The molecule has 144 valence electrons. The van der Waals surface area contributed by atoms with Gasteiger partial charge in [-0.05, 0) is 43.2 Å². The molecule has 0 fully saturated rings. The fourth-order valence-corrected chi connectivity index (χ4v) is 4.60. The number of nitrogens with zero attached hydrogens (tertiary/aromatic N) is 2. The number of amides is 1. The summed E-state index contributed by atoms with van der Waals surface area (Å²) in [7, 11) is -0.830. The van der Waals surface area contributed by atoms with Crippen LogP contribution in [0.5, 0.6) is 0 Å². The van der Waals surface area contributed by atoms with Crippen LogP contribution in [0.3, 0.4) is 0 Å². The summed E-state index contributed by atoms with van der Waals surface area (Å²) in [5, 5.41) is 2.89. The van der Waals surface area contributed by atoms with Crippen molar-refractivity contribution in [2.45, 2.75) is 24.3 Å². The zero-order chi connectivity index (χ0) is 19.8. The van der Waals surface area contributed by atoms with Crippen molar-refractivity contribution in [1.29, 1.82) is 0 Å². The monoisotopic (exact) mass is 407 g/mol. The molecule has 0 spiro atoms. The number of carbonyl (C=O) groups is 1. The van der Waals surface area contributed by atoms with Crippen molar-refractivity contribution in [2.24, 2.45) is 0 Å². The Hall–Kier alpha value is -2.09. The molecule has 1 amide bonds. The lowest BCUT2D eigenvalue weighted by molar-refractivity contribution is -0.115. The molecule has 1 aliphatic heterocycles. The van der Waals surface area contributed by atoms with Crippen LogP contribution in [0.25, 0.3) is 0 Å². The highest BCUT2D eigenvalue weighted by molar-refractivity contribution is 7.89. The first-order valence-electron chi connectivity index (χ1n) is 8.56. The third-order valence-electron chi connectivity index (χ3n) is 4.64. The maximum atomic E-state index is 12.6. The molecule has 0 bridgehead atoms. The van der Waals surface area contributed by atoms with E-state index in [1.807, 2.05) is 18.2 Å². The zero-order valence-corrected chi connectivity index (χ0v) is 17.0. The lowest BCUT2D eigenvalue weighted by Crippen LogP contribution is -2.37. The highest BCUT2D eigenvalue weighted by Crippen LogP contribution is 2.31. The normalized spacial score (nSPS) is 16.5. The zero-order valence-electron chi connectivity index (χ0n) is 15.4. The van der Waals surface area contributed by atoms with Crippen molar-refractivity contribution in [3.63, 3.8) is 0 Å². The van der Waals surface area contributed by atoms with Gasteiger partial charge in [0.15, 0.2) is 0 Å². The lowest BCUT2D eigenvalue weighted by atomic mass is 10.1. The highest BCUT2D eigenvalue weighted by atomic mass is 35.5. The number of carbonyl (C=O) groups excluding carboxylic acids is 1. The number of nitrogens with one attached hydrogen (secondary N) is 1. The summed E-state index contributed by atoms with van der Waals surface area (Å²) in [6.45, 7) is 2.27. The van der Waals surface area contributed by atoms with E-state index >= 15 is 0 Å². The molecule has 0 radical (unpaired) electrons. The molecule has 2 aromatic carbocycles. The van der Waals surface area contributed by atoms with Gasteiger partial charge in [-0.3, -0.25) is 4.79 Å². The number of halogens is 1. The lowest BCUT2D eigenvalue weighted by Gasteiger charge is -2.24. The van der Waals surface area contributed by atoms with Gasteiger partial charge in [-0.1, -0.05) is 29.8 Å². The molecule has 1 aliphatic rings. The average Bonchev–Trinajstić information content (AvgIpc) is 2.92. The van der Waals surface area contributed by atoms with Gasteiger partial charge in [0, 0.05) is 31.5 Å². The van der Waals surface area contributed by atoms with E-state index in [1.54, 1.807) is 6.07 Å². The first-order valence-corrected chi connectivity index (χ1v) is 10.4. The number of fused-ring (bicyclic) bond motifs is 1. The second kappa shape index (κ2) is 7.50. The molecule has 2 aromatic rings. The van der Waals surface area contributed by atoms with Crippen LogP contribution >= 0.6 is 11.6 Å². The fourth-order valence-electron chi connectivity index (χ4n) is 3.20. The number of benzene rings is 2. The van der Waals surface area contributed by atoms with Gasteiger partial charge in [-0.15, -0.1) is 0 Å². The summed E-state index contributed by atoms with van der Waals surface area (Å²) in [6.07, 6.45) is 0.898. The van der Waals surface area contributed by atoms with E-state index in [4.69, 9.17) is 11.6 Å². The van der Waals surface area contributed by atoms with Crippen LogP contribution in [-0.2, 0) is 21.2 Å². The smallest absolute Gasteiger partial charge is 0.244 e. The van der Waals surface area contributed by atoms with Gasteiger partial charge >= 0.3 is 0 Å². The van der Waals surface area contributed by atoms with E-state index in [2.05, 4.69) is 23.2 Å². The van der Waals surface area contributed by atoms with E-state index < -0.39 is 10.0 Å². The van der Waals surface area contributed by atoms with Crippen LogP contribution in [0.4, 0.5) is 11.4 Å². The molecular formula is C19H22ClN3O3S. The summed E-state index contributed by atoms with van der Waals surface area (Å²) >= 11 is 6.05. The molecule has 1 heterocycles. The Labute approximate surface area is 164 Å². The van der Waals surface area contributed by atoms with Crippen molar-refractivity contribution >= 4 is 38.9 Å². The summed E-state index contributed by atoms with van der Waals surface area (Å²) < 4.78 is 25.8. The van der Waals surface area contributed by atoms with Crippen molar-refractivity contribution in [1.82, 2.24) is 4.31 Å². The molecule has 0 saturated heterocycles. The van der Waals surface area contributed by atoms with Gasteiger partial charge < -0.3 is 10.2 Å². The van der Waals surface area contributed by atoms with Crippen molar-refractivity contribution < 1.29 is 13.2 Å². The maximum absolute atomic E-state index is 12.6. The topological polar surface area (TPSA) is 69.7 Å². The quantitative estimate of drug-likeness (QED) is 0.827.